The number of nitrogens with two attached hydrogens (primary N) is 1. The molecule has 90 valence electrons. The number of benzene rings is 2. The quantitative estimate of drug-likeness (QED) is 0.628. The lowest BCUT2D eigenvalue weighted by atomic mass is 10.0. The summed E-state index contributed by atoms with van der Waals surface area (Å²) in [6.45, 7) is 6.92. The minimum Gasteiger partial charge on any atom is -0.396 e. The molecule has 0 amide bonds. The van der Waals surface area contributed by atoms with Gasteiger partial charge in [0, 0.05) is 0 Å². The normalized spacial score (nSPS) is 11.8. The van der Waals surface area contributed by atoms with Crippen molar-refractivity contribution in [1.82, 2.24) is 0 Å². The molecular weight excluding hydrogens is 231 g/mol. The largest absolute Gasteiger partial charge is 0.396 e. The molecule has 0 spiro atoms. The maximum Gasteiger partial charge on any atom is 0.187 e. The van der Waals surface area contributed by atoms with Gasteiger partial charge in [-0.05, 0) is 23.3 Å². The number of halogens is 1. The van der Waals surface area contributed by atoms with Crippen molar-refractivity contribution in [1.29, 1.82) is 0 Å². The summed E-state index contributed by atoms with van der Waals surface area (Å²) in [6, 6.07) is 10.7. The summed E-state index contributed by atoms with van der Waals surface area (Å²) in [5.74, 6) is -0.513. The first-order valence-electron chi connectivity index (χ1n) is 5.32. The second-order valence-corrected chi connectivity index (χ2v) is 3.89. The van der Waals surface area contributed by atoms with Gasteiger partial charge in [-0.3, -0.25) is 0 Å². The molecule has 0 radical (unpaired) electrons. The molecule has 3 nitrogen and oxygen atoms in total. The van der Waals surface area contributed by atoms with E-state index in [0.29, 0.717) is 16.8 Å². The highest BCUT2D eigenvalue weighted by molar-refractivity contribution is 5.50. The molecule has 1 atom stereocenters. The van der Waals surface area contributed by atoms with Gasteiger partial charge >= 0.3 is 0 Å². The minimum absolute atomic E-state index is 0.00659. The Balaban J connectivity index is 2.38. The third-order valence-electron chi connectivity index (χ3n) is 2.65. The van der Waals surface area contributed by atoms with E-state index in [0.717, 1.165) is 0 Å². The molecule has 0 aliphatic rings. The van der Waals surface area contributed by atoms with Gasteiger partial charge < -0.3 is 10.8 Å². The predicted molar refractivity (Wildman–Crippen MR) is 67.6 cm³/mol. The summed E-state index contributed by atoms with van der Waals surface area (Å²) in [4.78, 5) is 3.29. The van der Waals surface area contributed by atoms with Crippen LogP contribution in [-0.4, -0.2) is 5.11 Å². The molecule has 0 aromatic heterocycles. The van der Waals surface area contributed by atoms with Crippen LogP contribution in [0, 0.1) is 12.4 Å². The van der Waals surface area contributed by atoms with E-state index in [2.05, 4.69) is 4.85 Å². The van der Waals surface area contributed by atoms with Gasteiger partial charge in [-0.25, -0.2) is 9.24 Å². The van der Waals surface area contributed by atoms with E-state index in [1.165, 1.54) is 18.2 Å². The lowest BCUT2D eigenvalue weighted by Gasteiger charge is -2.12. The molecule has 1 unspecified atom stereocenters. The third-order valence-corrected chi connectivity index (χ3v) is 2.65. The van der Waals surface area contributed by atoms with Crippen LogP contribution in [0.5, 0.6) is 0 Å². The monoisotopic (exact) mass is 242 g/mol. The Morgan fingerprint density at radius 1 is 1.17 bits per heavy atom. The zero-order chi connectivity index (χ0) is 13.1. The third kappa shape index (κ3) is 2.31. The summed E-state index contributed by atoms with van der Waals surface area (Å²) in [7, 11) is 0. The predicted octanol–water partition coefficient (Wildman–Crippen LogP) is 3.04. The van der Waals surface area contributed by atoms with Crippen LogP contribution >= 0.6 is 0 Å². The zero-order valence-corrected chi connectivity index (χ0v) is 9.47. The van der Waals surface area contributed by atoms with Gasteiger partial charge in [0.15, 0.2) is 5.69 Å². The molecule has 18 heavy (non-hydrogen) atoms. The minimum atomic E-state index is -0.922. The van der Waals surface area contributed by atoms with Crippen molar-refractivity contribution in [2.45, 2.75) is 6.10 Å². The highest BCUT2D eigenvalue weighted by Gasteiger charge is 2.12. The van der Waals surface area contributed by atoms with Crippen LogP contribution in [0.1, 0.15) is 17.2 Å². The van der Waals surface area contributed by atoms with E-state index in [9.17, 15) is 9.50 Å². The van der Waals surface area contributed by atoms with Crippen molar-refractivity contribution in [2.24, 2.45) is 0 Å². The van der Waals surface area contributed by atoms with E-state index < -0.39 is 11.9 Å². The second-order valence-electron chi connectivity index (χ2n) is 3.89. The van der Waals surface area contributed by atoms with E-state index in [4.69, 9.17) is 12.3 Å². The number of hydrogen-bond acceptors (Lipinski definition) is 2. The Hall–Kier alpha value is -2.38. The number of nitrogens with zero attached hydrogens (tertiary/aromatic N) is 1. The first kappa shape index (κ1) is 12.1. The Bertz CT molecular complexity index is 619. The molecule has 0 aliphatic heterocycles. The molecule has 0 fully saturated rings. The molecule has 3 N–H and O–H groups in total. The van der Waals surface area contributed by atoms with Crippen molar-refractivity contribution in [2.75, 3.05) is 5.73 Å². The summed E-state index contributed by atoms with van der Waals surface area (Å²) in [6.07, 6.45) is -0.922. The molecule has 4 heteroatoms. The smallest absolute Gasteiger partial charge is 0.187 e. The topological polar surface area (TPSA) is 50.6 Å². The van der Waals surface area contributed by atoms with E-state index in [1.807, 2.05) is 0 Å². The SMILES string of the molecule is [C-]#[N+]c1cccc(C(O)c2ccc(F)c(N)c2)c1. The van der Waals surface area contributed by atoms with Crippen LogP contribution in [-0.2, 0) is 0 Å². The lowest BCUT2D eigenvalue weighted by molar-refractivity contribution is 0.220. The number of nitrogen functional groups attached to an aromatic ring is 1. The number of anilines is 1. The highest BCUT2D eigenvalue weighted by Crippen LogP contribution is 2.27. The van der Waals surface area contributed by atoms with Crippen LogP contribution in [0.2, 0.25) is 0 Å². The lowest BCUT2D eigenvalue weighted by Crippen LogP contribution is -2.01. The first-order valence-corrected chi connectivity index (χ1v) is 5.32. The molecular formula is C14H11FN2O. The van der Waals surface area contributed by atoms with Gasteiger partial charge in [-0.2, -0.15) is 0 Å². The Morgan fingerprint density at radius 2 is 1.89 bits per heavy atom. The van der Waals surface area contributed by atoms with Crippen molar-refractivity contribution in [3.8, 4) is 0 Å². The highest BCUT2D eigenvalue weighted by atomic mass is 19.1. The second kappa shape index (κ2) is 4.86. The molecule has 0 bridgehead atoms. The van der Waals surface area contributed by atoms with Gasteiger partial charge in [-0.15, -0.1) is 0 Å². The van der Waals surface area contributed by atoms with Crippen molar-refractivity contribution in [3.05, 3.63) is 70.8 Å². The maximum atomic E-state index is 13.0. The van der Waals surface area contributed by atoms with Crippen LogP contribution in [0.4, 0.5) is 15.8 Å². The molecule has 0 saturated heterocycles. The van der Waals surface area contributed by atoms with Crippen molar-refractivity contribution < 1.29 is 9.50 Å². The molecule has 0 heterocycles. The average Bonchev–Trinajstić information content (AvgIpc) is 2.41. The van der Waals surface area contributed by atoms with Crippen molar-refractivity contribution in [3.63, 3.8) is 0 Å². The standard InChI is InChI=1S/C14H11FN2O/c1-17-11-4-2-3-9(7-11)14(18)10-5-6-12(15)13(16)8-10/h2-8,14,18H,16H2. The van der Waals surface area contributed by atoms with Crippen LogP contribution in [0.25, 0.3) is 4.85 Å². The van der Waals surface area contributed by atoms with Crippen LogP contribution in [0.3, 0.4) is 0 Å². The van der Waals surface area contributed by atoms with E-state index in [-0.39, 0.29) is 5.69 Å². The van der Waals surface area contributed by atoms with E-state index >= 15 is 0 Å². The number of hydrogen-bond donors (Lipinski definition) is 2. The van der Waals surface area contributed by atoms with Gasteiger partial charge in [0.1, 0.15) is 11.9 Å². The van der Waals surface area contributed by atoms with E-state index in [1.54, 1.807) is 24.3 Å². The summed E-state index contributed by atoms with van der Waals surface area (Å²) < 4.78 is 13.0. The summed E-state index contributed by atoms with van der Waals surface area (Å²) in [5.41, 5.74) is 6.97. The van der Waals surface area contributed by atoms with Crippen LogP contribution < -0.4 is 5.73 Å². The Labute approximate surface area is 104 Å². The fraction of sp³-hybridized carbons (Fsp3) is 0.0714. The Morgan fingerprint density at radius 3 is 2.56 bits per heavy atom. The summed E-state index contributed by atoms with van der Waals surface area (Å²) in [5, 5.41) is 10.1. The van der Waals surface area contributed by atoms with Gasteiger partial charge in [0.05, 0.1) is 12.3 Å². The molecule has 2 aromatic rings. The maximum absolute atomic E-state index is 13.0. The van der Waals surface area contributed by atoms with Crippen molar-refractivity contribution >= 4 is 11.4 Å². The van der Waals surface area contributed by atoms with Gasteiger partial charge in [0.2, 0.25) is 0 Å². The number of rotatable bonds is 2. The zero-order valence-electron chi connectivity index (χ0n) is 9.47. The number of aliphatic hydroxyl groups excluding tert-OH is 1. The first-order chi connectivity index (χ1) is 8.61. The molecule has 0 aliphatic carbocycles. The van der Waals surface area contributed by atoms with Crippen LogP contribution in [0.15, 0.2) is 42.5 Å². The fourth-order valence-corrected chi connectivity index (χ4v) is 1.69. The fourth-order valence-electron chi connectivity index (χ4n) is 1.69. The molecule has 2 rings (SSSR count). The summed E-state index contributed by atoms with van der Waals surface area (Å²) >= 11 is 0. The Kier molecular flexibility index (Phi) is 3.26. The number of aliphatic hydroxyl groups is 1. The molecule has 2 aromatic carbocycles. The van der Waals surface area contributed by atoms with Gasteiger partial charge in [0.25, 0.3) is 0 Å². The average molecular weight is 242 g/mol. The van der Waals surface area contributed by atoms with Gasteiger partial charge in [-0.1, -0.05) is 30.3 Å². The molecule has 0 saturated carbocycles.